The maximum absolute atomic E-state index is 5.69. The van der Waals surface area contributed by atoms with Gasteiger partial charge in [0.15, 0.2) is 0 Å². The van der Waals surface area contributed by atoms with Gasteiger partial charge in [-0.05, 0) is 32.1 Å². The molecule has 1 nitrogen and oxygen atoms in total. The predicted octanol–water partition coefficient (Wildman–Crippen LogP) is 7.28. The van der Waals surface area contributed by atoms with Crippen LogP contribution in [0.2, 0.25) is 0 Å². The zero-order chi connectivity index (χ0) is 16.8. The lowest BCUT2D eigenvalue weighted by Crippen LogP contribution is -2.42. The summed E-state index contributed by atoms with van der Waals surface area (Å²) in [6, 6.07) is 0.746. The molecule has 1 atom stereocenters. The van der Waals surface area contributed by atoms with Crippen molar-refractivity contribution in [2.45, 2.75) is 123 Å². The van der Waals surface area contributed by atoms with Crippen LogP contribution in [0.4, 0.5) is 0 Å². The Balaban J connectivity index is 2.30. The first kappa shape index (κ1) is 20.9. The topological polar surface area (TPSA) is 3.24 Å². The number of thiocarbonyl (C=S) groups is 1. The highest BCUT2D eigenvalue weighted by Crippen LogP contribution is 2.23. The van der Waals surface area contributed by atoms with Crippen molar-refractivity contribution >= 4 is 17.2 Å². The summed E-state index contributed by atoms with van der Waals surface area (Å²) in [7, 11) is 0. The molecule has 0 aromatic heterocycles. The van der Waals surface area contributed by atoms with Gasteiger partial charge in [-0.2, -0.15) is 0 Å². The monoisotopic (exact) mass is 339 g/mol. The van der Waals surface area contributed by atoms with E-state index in [4.69, 9.17) is 12.2 Å². The minimum Gasteiger partial charge on any atom is -0.363 e. The van der Waals surface area contributed by atoms with Crippen molar-refractivity contribution in [3.63, 3.8) is 0 Å². The number of hydrogen-bond donors (Lipinski definition) is 0. The van der Waals surface area contributed by atoms with Crippen LogP contribution in [0.15, 0.2) is 0 Å². The second kappa shape index (κ2) is 14.3. The Bertz CT molecular complexity index is 290. The molecular formula is C21H41NS. The van der Waals surface area contributed by atoms with Crippen LogP contribution < -0.4 is 0 Å². The van der Waals surface area contributed by atoms with Gasteiger partial charge in [-0.3, -0.25) is 0 Å². The van der Waals surface area contributed by atoms with Crippen molar-refractivity contribution in [3.8, 4) is 0 Å². The third kappa shape index (κ3) is 9.69. The molecule has 1 aliphatic rings. The van der Waals surface area contributed by atoms with Crippen molar-refractivity contribution in [2.24, 2.45) is 0 Å². The quantitative estimate of drug-likeness (QED) is 0.241. The van der Waals surface area contributed by atoms with E-state index in [9.17, 15) is 0 Å². The molecule has 0 spiro atoms. The van der Waals surface area contributed by atoms with Crippen molar-refractivity contribution < 1.29 is 0 Å². The third-order valence-electron chi connectivity index (χ3n) is 5.33. The molecule has 136 valence electrons. The molecule has 1 heterocycles. The molecule has 0 radical (unpaired) electrons. The Labute approximate surface area is 151 Å². The summed E-state index contributed by atoms with van der Waals surface area (Å²) in [5.41, 5.74) is 0. The van der Waals surface area contributed by atoms with Gasteiger partial charge in [-0.15, -0.1) is 0 Å². The minimum atomic E-state index is 0.746. The van der Waals surface area contributed by atoms with Crippen LogP contribution in [-0.2, 0) is 0 Å². The molecular weight excluding hydrogens is 298 g/mol. The molecule has 0 aromatic rings. The number of unbranched alkanes of at least 4 members (excludes halogenated alkanes) is 9. The summed E-state index contributed by atoms with van der Waals surface area (Å²) >= 11 is 5.69. The first-order valence-corrected chi connectivity index (χ1v) is 11.0. The van der Waals surface area contributed by atoms with Gasteiger partial charge in [-0.25, -0.2) is 0 Å². The lowest BCUT2D eigenvalue weighted by molar-refractivity contribution is 0.249. The predicted molar refractivity (Wildman–Crippen MR) is 108 cm³/mol. The summed E-state index contributed by atoms with van der Waals surface area (Å²) in [6.45, 7) is 5.83. The zero-order valence-corrected chi connectivity index (χ0v) is 16.8. The summed E-state index contributed by atoms with van der Waals surface area (Å²) in [5.74, 6) is 0. The largest absolute Gasteiger partial charge is 0.363 e. The molecule has 0 aliphatic carbocycles. The Morgan fingerprint density at radius 2 is 1.30 bits per heavy atom. The Morgan fingerprint density at radius 3 is 1.83 bits per heavy atom. The second-order valence-electron chi connectivity index (χ2n) is 7.46. The number of likely N-dealkylation sites (tertiary alicyclic amines) is 1. The first-order chi connectivity index (χ1) is 11.3. The molecule has 0 saturated carbocycles. The molecule has 23 heavy (non-hydrogen) atoms. The molecule has 1 fully saturated rings. The number of rotatable bonds is 14. The maximum atomic E-state index is 5.69. The zero-order valence-electron chi connectivity index (χ0n) is 16.0. The number of hydrogen-bond acceptors (Lipinski definition) is 1. The number of nitrogens with zero attached hydrogens (tertiary/aromatic N) is 1. The van der Waals surface area contributed by atoms with Gasteiger partial charge >= 0.3 is 0 Å². The Kier molecular flexibility index (Phi) is 13.0. The summed E-state index contributed by atoms with van der Waals surface area (Å²) in [4.78, 5) is 3.88. The standard InChI is InChI=1S/C21H41NS/c1-3-5-7-9-11-13-17-20(16-12-10-8-6-4-2)22-19-15-14-18-21(22)23/h20H,3-19H2,1-2H3. The van der Waals surface area contributed by atoms with E-state index in [-0.39, 0.29) is 0 Å². The normalized spacial score (nSPS) is 16.8. The SMILES string of the molecule is CCCCCCCCC(CCCCCCC)N1CCCCC1=S. The van der Waals surface area contributed by atoms with Gasteiger partial charge in [0.1, 0.15) is 0 Å². The Morgan fingerprint density at radius 1 is 0.783 bits per heavy atom. The molecule has 1 unspecified atom stereocenters. The van der Waals surface area contributed by atoms with E-state index in [1.807, 2.05) is 0 Å². The third-order valence-corrected chi connectivity index (χ3v) is 5.77. The van der Waals surface area contributed by atoms with Crippen LogP contribution in [0, 0.1) is 0 Å². The first-order valence-electron chi connectivity index (χ1n) is 10.6. The van der Waals surface area contributed by atoms with Crippen LogP contribution in [-0.4, -0.2) is 22.5 Å². The van der Waals surface area contributed by atoms with Gasteiger partial charge < -0.3 is 4.90 Å². The van der Waals surface area contributed by atoms with Crippen molar-refractivity contribution in [2.75, 3.05) is 6.54 Å². The highest BCUT2D eigenvalue weighted by atomic mass is 32.1. The van der Waals surface area contributed by atoms with E-state index in [2.05, 4.69) is 18.7 Å². The fourth-order valence-corrected chi connectivity index (χ4v) is 4.20. The smallest absolute Gasteiger partial charge is 0.0781 e. The molecule has 1 saturated heterocycles. The van der Waals surface area contributed by atoms with Crippen LogP contribution in [0.1, 0.15) is 117 Å². The van der Waals surface area contributed by atoms with E-state index in [0.29, 0.717) is 0 Å². The second-order valence-corrected chi connectivity index (χ2v) is 7.93. The van der Waals surface area contributed by atoms with Gasteiger partial charge in [0.2, 0.25) is 0 Å². The van der Waals surface area contributed by atoms with E-state index in [1.54, 1.807) is 0 Å². The van der Waals surface area contributed by atoms with E-state index >= 15 is 0 Å². The molecule has 1 aliphatic heterocycles. The molecule has 1 rings (SSSR count). The van der Waals surface area contributed by atoms with Gasteiger partial charge in [0, 0.05) is 12.6 Å². The Hall–Kier alpha value is -0.110. The number of piperidine rings is 1. The average Bonchev–Trinajstić information content (AvgIpc) is 2.56. The van der Waals surface area contributed by atoms with Crippen molar-refractivity contribution in [3.05, 3.63) is 0 Å². The molecule has 0 aromatic carbocycles. The van der Waals surface area contributed by atoms with Crippen LogP contribution in [0.25, 0.3) is 0 Å². The maximum Gasteiger partial charge on any atom is 0.0781 e. The van der Waals surface area contributed by atoms with Crippen molar-refractivity contribution in [1.82, 2.24) is 4.90 Å². The van der Waals surface area contributed by atoms with Crippen LogP contribution in [0.5, 0.6) is 0 Å². The molecule has 0 bridgehead atoms. The highest BCUT2D eigenvalue weighted by molar-refractivity contribution is 7.80. The highest BCUT2D eigenvalue weighted by Gasteiger charge is 2.22. The van der Waals surface area contributed by atoms with Crippen LogP contribution in [0.3, 0.4) is 0 Å². The average molecular weight is 340 g/mol. The molecule has 0 amide bonds. The fourth-order valence-electron chi connectivity index (χ4n) is 3.81. The van der Waals surface area contributed by atoms with E-state index < -0.39 is 0 Å². The lowest BCUT2D eigenvalue weighted by atomic mass is 9.97. The van der Waals surface area contributed by atoms with Gasteiger partial charge in [-0.1, -0.05) is 96.7 Å². The minimum absolute atomic E-state index is 0.746. The summed E-state index contributed by atoms with van der Waals surface area (Å²) < 4.78 is 0. The lowest BCUT2D eigenvalue weighted by Gasteiger charge is -2.37. The molecule has 2 heteroatoms. The fraction of sp³-hybridized carbons (Fsp3) is 0.952. The molecule has 0 N–H and O–H groups in total. The van der Waals surface area contributed by atoms with Gasteiger partial charge in [0.05, 0.1) is 4.99 Å². The van der Waals surface area contributed by atoms with Crippen molar-refractivity contribution in [1.29, 1.82) is 0 Å². The summed E-state index contributed by atoms with van der Waals surface area (Å²) in [6.07, 6.45) is 22.0. The van der Waals surface area contributed by atoms with E-state index in [0.717, 1.165) is 12.5 Å². The summed E-state index contributed by atoms with van der Waals surface area (Å²) in [5, 5.41) is 0. The van der Waals surface area contributed by atoms with Crippen LogP contribution >= 0.6 is 12.2 Å². The van der Waals surface area contributed by atoms with Gasteiger partial charge in [0.25, 0.3) is 0 Å². The van der Waals surface area contributed by atoms with E-state index in [1.165, 1.54) is 108 Å².